The van der Waals surface area contributed by atoms with Crippen LogP contribution in [-0.2, 0) is 0 Å². The highest BCUT2D eigenvalue weighted by Crippen LogP contribution is 2.24. The Hall–Kier alpha value is -0.750. The third kappa shape index (κ3) is 1.31. The number of nitrogens with zero attached hydrogens (tertiary/aromatic N) is 3. The lowest BCUT2D eigenvalue weighted by molar-refractivity contribution is 1.08. The van der Waals surface area contributed by atoms with Crippen molar-refractivity contribution >= 4 is 27.3 Å². The molecule has 2 aromatic rings. The van der Waals surface area contributed by atoms with Crippen molar-refractivity contribution in [2.75, 3.05) is 0 Å². The molecule has 0 unspecified atom stereocenters. The molecule has 2 heterocycles. The second-order valence-corrected chi connectivity index (χ2v) is 4.10. The highest BCUT2D eigenvalue weighted by Gasteiger charge is 2.04. The summed E-state index contributed by atoms with van der Waals surface area (Å²) in [5.41, 5.74) is 0.966. The quantitative estimate of drug-likeness (QED) is 0.812. The summed E-state index contributed by atoms with van der Waals surface area (Å²) in [5.74, 6) is 0. The normalized spacial score (nSPS) is 10.3. The Kier molecular flexibility index (Phi) is 1.71. The van der Waals surface area contributed by atoms with Gasteiger partial charge in [-0.25, -0.2) is 0 Å². The second kappa shape index (κ2) is 2.71. The average molecular weight is 231 g/mol. The van der Waals surface area contributed by atoms with E-state index in [1.807, 2.05) is 0 Å². The van der Waals surface area contributed by atoms with Crippen LogP contribution in [0.1, 0.15) is 0 Å². The number of nitrogens with one attached hydrogen (secondary N) is 1. The van der Waals surface area contributed by atoms with E-state index in [1.54, 1.807) is 12.4 Å². The monoisotopic (exact) mass is 230 g/mol. The van der Waals surface area contributed by atoms with Gasteiger partial charge in [-0.05, 0) is 15.9 Å². The Bertz CT molecular complexity index is 341. The number of hydrogen-bond acceptors (Lipinski definition) is 4. The Morgan fingerprint density at radius 2 is 2.36 bits per heavy atom. The molecule has 0 aliphatic heterocycles. The molecule has 4 nitrogen and oxygen atoms in total. The molecule has 0 radical (unpaired) electrons. The summed E-state index contributed by atoms with van der Waals surface area (Å²) in [5, 5.41) is 15.1. The van der Waals surface area contributed by atoms with Crippen molar-refractivity contribution in [3.05, 3.63) is 16.3 Å². The van der Waals surface area contributed by atoms with Gasteiger partial charge in [0.2, 0.25) is 0 Å². The minimum Gasteiger partial charge on any atom is -0.285 e. The van der Waals surface area contributed by atoms with Gasteiger partial charge in [-0.1, -0.05) is 11.3 Å². The van der Waals surface area contributed by atoms with Gasteiger partial charge in [0.15, 0.2) is 8.92 Å². The van der Waals surface area contributed by atoms with Crippen LogP contribution in [0, 0.1) is 0 Å². The lowest BCUT2D eigenvalue weighted by Crippen LogP contribution is -1.70. The summed E-state index contributed by atoms with van der Waals surface area (Å²) in [6, 6.07) is 0. The minimum atomic E-state index is 0.786. The zero-order valence-corrected chi connectivity index (χ0v) is 7.69. The van der Waals surface area contributed by atoms with Crippen molar-refractivity contribution in [3.63, 3.8) is 0 Å². The lowest BCUT2D eigenvalue weighted by Gasteiger charge is -1.80. The van der Waals surface area contributed by atoms with Crippen LogP contribution >= 0.6 is 27.3 Å². The molecule has 56 valence electrons. The van der Waals surface area contributed by atoms with Crippen LogP contribution in [0.15, 0.2) is 16.3 Å². The SMILES string of the molecule is Brc1nnc(-c2cn[nH]c2)s1. The third-order valence-corrected chi connectivity index (χ3v) is 2.55. The first kappa shape index (κ1) is 6.93. The summed E-state index contributed by atoms with van der Waals surface area (Å²) in [6.07, 6.45) is 3.50. The van der Waals surface area contributed by atoms with E-state index < -0.39 is 0 Å². The number of aromatic nitrogens is 4. The van der Waals surface area contributed by atoms with E-state index in [0.717, 1.165) is 14.5 Å². The molecular formula is C5H3BrN4S. The van der Waals surface area contributed by atoms with E-state index >= 15 is 0 Å². The van der Waals surface area contributed by atoms with Gasteiger partial charge in [-0.15, -0.1) is 10.2 Å². The molecule has 0 bridgehead atoms. The first-order valence-electron chi connectivity index (χ1n) is 2.84. The maximum absolute atomic E-state index is 3.92. The van der Waals surface area contributed by atoms with Crippen molar-refractivity contribution in [1.82, 2.24) is 20.4 Å². The Morgan fingerprint density at radius 3 is 2.91 bits per heavy atom. The van der Waals surface area contributed by atoms with Crippen LogP contribution < -0.4 is 0 Å². The predicted octanol–water partition coefficient (Wildman–Crippen LogP) is 1.69. The van der Waals surface area contributed by atoms with Gasteiger partial charge in [0.25, 0.3) is 0 Å². The van der Waals surface area contributed by atoms with Gasteiger partial charge in [0.1, 0.15) is 0 Å². The van der Waals surface area contributed by atoms with Crippen LogP contribution in [0.4, 0.5) is 0 Å². The fraction of sp³-hybridized carbons (Fsp3) is 0. The Labute approximate surface area is 74.8 Å². The standard InChI is InChI=1S/C5H3BrN4S/c6-5-10-9-4(11-5)3-1-7-8-2-3/h1-2H,(H,7,8). The summed E-state index contributed by atoms with van der Waals surface area (Å²) < 4.78 is 0.786. The van der Waals surface area contributed by atoms with Gasteiger partial charge in [-0.3, -0.25) is 5.10 Å². The van der Waals surface area contributed by atoms with Gasteiger partial charge < -0.3 is 0 Å². The Morgan fingerprint density at radius 1 is 1.45 bits per heavy atom. The topological polar surface area (TPSA) is 54.5 Å². The molecular weight excluding hydrogens is 228 g/mol. The Balaban J connectivity index is 2.45. The van der Waals surface area contributed by atoms with Crippen molar-refractivity contribution in [1.29, 1.82) is 0 Å². The van der Waals surface area contributed by atoms with Gasteiger partial charge >= 0.3 is 0 Å². The van der Waals surface area contributed by atoms with Crippen molar-refractivity contribution in [2.45, 2.75) is 0 Å². The number of hydrogen-bond donors (Lipinski definition) is 1. The molecule has 0 amide bonds. The highest BCUT2D eigenvalue weighted by atomic mass is 79.9. The highest BCUT2D eigenvalue weighted by molar-refractivity contribution is 9.11. The summed E-state index contributed by atoms with van der Waals surface area (Å²) in [4.78, 5) is 0. The van der Waals surface area contributed by atoms with Crippen LogP contribution in [0.3, 0.4) is 0 Å². The maximum Gasteiger partial charge on any atom is 0.183 e. The van der Waals surface area contributed by atoms with Crippen LogP contribution in [-0.4, -0.2) is 20.4 Å². The van der Waals surface area contributed by atoms with E-state index in [2.05, 4.69) is 36.3 Å². The smallest absolute Gasteiger partial charge is 0.183 e. The zero-order chi connectivity index (χ0) is 7.68. The van der Waals surface area contributed by atoms with E-state index in [1.165, 1.54) is 11.3 Å². The molecule has 0 atom stereocenters. The maximum atomic E-state index is 3.92. The molecule has 1 N–H and O–H groups in total. The van der Waals surface area contributed by atoms with Crippen molar-refractivity contribution in [3.8, 4) is 10.6 Å². The van der Waals surface area contributed by atoms with E-state index in [4.69, 9.17) is 0 Å². The molecule has 0 saturated heterocycles. The molecule has 0 aliphatic rings. The zero-order valence-electron chi connectivity index (χ0n) is 5.28. The molecule has 0 spiro atoms. The summed E-state index contributed by atoms with van der Waals surface area (Å²) >= 11 is 4.71. The second-order valence-electron chi connectivity index (χ2n) is 1.85. The fourth-order valence-corrected chi connectivity index (χ4v) is 1.78. The van der Waals surface area contributed by atoms with E-state index in [9.17, 15) is 0 Å². The van der Waals surface area contributed by atoms with Gasteiger partial charge in [0, 0.05) is 6.20 Å². The molecule has 0 aromatic carbocycles. The largest absolute Gasteiger partial charge is 0.285 e. The van der Waals surface area contributed by atoms with E-state index in [-0.39, 0.29) is 0 Å². The molecule has 11 heavy (non-hydrogen) atoms. The van der Waals surface area contributed by atoms with E-state index in [0.29, 0.717) is 0 Å². The predicted molar refractivity (Wildman–Crippen MR) is 45.2 cm³/mol. The minimum absolute atomic E-state index is 0.786. The lowest BCUT2D eigenvalue weighted by atomic mass is 10.4. The number of H-pyrrole nitrogens is 1. The number of halogens is 1. The number of aromatic amines is 1. The molecule has 6 heteroatoms. The molecule has 2 rings (SSSR count). The molecule has 2 aromatic heterocycles. The van der Waals surface area contributed by atoms with Crippen LogP contribution in [0.2, 0.25) is 0 Å². The van der Waals surface area contributed by atoms with Gasteiger partial charge in [-0.2, -0.15) is 5.10 Å². The molecule has 0 fully saturated rings. The molecule has 0 aliphatic carbocycles. The van der Waals surface area contributed by atoms with Crippen LogP contribution in [0.5, 0.6) is 0 Å². The first-order valence-corrected chi connectivity index (χ1v) is 4.45. The summed E-state index contributed by atoms with van der Waals surface area (Å²) in [7, 11) is 0. The van der Waals surface area contributed by atoms with Crippen molar-refractivity contribution < 1.29 is 0 Å². The van der Waals surface area contributed by atoms with Crippen molar-refractivity contribution in [2.24, 2.45) is 0 Å². The fourth-order valence-electron chi connectivity index (χ4n) is 0.690. The third-order valence-electron chi connectivity index (χ3n) is 1.15. The average Bonchev–Trinajstić information content (AvgIpc) is 2.55. The van der Waals surface area contributed by atoms with Crippen LogP contribution in [0.25, 0.3) is 10.6 Å². The first-order chi connectivity index (χ1) is 5.36. The summed E-state index contributed by atoms with van der Waals surface area (Å²) in [6.45, 7) is 0. The number of rotatable bonds is 1. The molecule has 0 saturated carbocycles. The van der Waals surface area contributed by atoms with Gasteiger partial charge in [0.05, 0.1) is 11.8 Å².